The van der Waals surface area contributed by atoms with Crippen molar-refractivity contribution in [2.75, 3.05) is 39.6 Å². The molecule has 0 aliphatic carbocycles. The minimum absolute atomic E-state index is 0.715. The van der Waals surface area contributed by atoms with Crippen molar-refractivity contribution in [1.82, 2.24) is 10.6 Å². The van der Waals surface area contributed by atoms with E-state index in [4.69, 9.17) is 52.1 Å². The fraction of sp³-hybridized carbons (Fsp3) is 0.950. The minimum atomic E-state index is -2.26. The maximum absolute atomic E-state index is 12.5. The molecule has 73 heavy (non-hydrogen) atoms. The van der Waals surface area contributed by atoms with E-state index in [0.717, 1.165) is 13.8 Å². The molecule has 0 aromatic carbocycles. The van der Waals surface area contributed by atoms with E-state index in [2.05, 4.69) is 10.6 Å². The topological polar surface area (TPSA) is 524 Å². The Hall–Kier alpha value is -2.22. The zero-order valence-electron chi connectivity index (χ0n) is 38.9. The number of hydrogen-bond acceptors (Lipinski definition) is 31. The van der Waals surface area contributed by atoms with E-state index < -0.39 is 236 Å². The van der Waals surface area contributed by atoms with E-state index in [1.54, 1.807) is 0 Å². The maximum atomic E-state index is 12.5. The summed E-state index contributed by atoms with van der Waals surface area (Å²) in [7, 11) is 0. The molecule has 6 heterocycles. The van der Waals surface area contributed by atoms with Crippen molar-refractivity contribution in [3.8, 4) is 0 Å². The van der Waals surface area contributed by atoms with E-state index in [-0.39, 0.29) is 0 Å². The zero-order valence-corrected chi connectivity index (χ0v) is 38.9. The molecule has 6 fully saturated rings. The Morgan fingerprint density at radius 2 is 0.712 bits per heavy atom. The molecule has 20 N–H and O–H groups in total. The van der Waals surface area contributed by atoms with Crippen molar-refractivity contribution < 1.29 is 154 Å². The fourth-order valence-corrected chi connectivity index (χ4v) is 9.22. The summed E-state index contributed by atoms with van der Waals surface area (Å²) in [6, 6.07) is -3.28. The van der Waals surface area contributed by atoms with E-state index >= 15 is 0 Å². The first kappa shape index (κ1) is 60.0. The first-order valence-electron chi connectivity index (χ1n) is 23.1. The van der Waals surface area contributed by atoms with Crippen LogP contribution in [0.15, 0.2) is 0 Å². The van der Waals surface area contributed by atoms with Crippen LogP contribution in [0.1, 0.15) is 13.8 Å². The number of rotatable bonds is 18. The minimum Gasteiger partial charge on any atom is -0.394 e. The van der Waals surface area contributed by atoms with Gasteiger partial charge in [-0.3, -0.25) is 9.59 Å². The van der Waals surface area contributed by atoms with Gasteiger partial charge in [-0.25, -0.2) is 0 Å². The van der Waals surface area contributed by atoms with Crippen LogP contribution in [0.5, 0.6) is 0 Å². The Kier molecular flexibility index (Phi) is 21.3. The quantitative estimate of drug-likeness (QED) is 0.0606. The molecule has 0 radical (unpaired) electrons. The normalized spacial score (nSPS) is 49.8. The molecule has 424 valence electrons. The number of ether oxygens (including phenoxy) is 11. The van der Waals surface area contributed by atoms with E-state index in [1.165, 1.54) is 0 Å². The van der Waals surface area contributed by atoms with Gasteiger partial charge in [0.1, 0.15) is 146 Å². The summed E-state index contributed by atoms with van der Waals surface area (Å²) >= 11 is 0. The van der Waals surface area contributed by atoms with Crippen LogP contribution in [0.25, 0.3) is 0 Å². The summed E-state index contributed by atoms with van der Waals surface area (Å²) in [6.07, 6.45) is -53.1. The molecule has 0 spiro atoms. The maximum Gasteiger partial charge on any atom is 0.217 e. The second kappa shape index (κ2) is 26.0. The monoisotopic (exact) mass is 1070 g/mol. The Labute approximate surface area is 413 Å². The van der Waals surface area contributed by atoms with Gasteiger partial charge in [0.05, 0.1) is 39.6 Å². The summed E-state index contributed by atoms with van der Waals surface area (Å²) in [5.74, 6) is -1.55. The highest BCUT2D eigenvalue weighted by atomic mass is 16.8. The van der Waals surface area contributed by atoms with Crippen LogP contribution in [0.3, 0.4) is 0 Å². The first-order chi connectivity index (χ1) is 34.5. The number of hydrogen-bond donors (Lipinski definition) is 20. The second-order valence-corrected chi connectivity index (χ2v) is 18.3. The lowest BCUT2D eigenvalue weighted by Gasteiger charge is -2.50. The zero-order chi connectivity index (χ0) is 53.9. The Bertz CT molecular complexity index is 1740. The summed E-state index contributed by atoms with van der Waals surface area (Å²) in [4.78, 5) is 24.4. The molecule has 6 aliphatic rings. The standard InChI is InChI=1S/C40H68N2O31/c1-9(48)41-17-22(53)31(13(5-45)64-35(17)62)70-36-18(42-10(2)49)23(54)32(14(6-46)67-36)71-40-30(61)34(73-39-28(59)25(56)20(51)12(4-44)66-39)21(52)16(69-40)8-63-37-29(60)26(57)33(15(7-47)68-37)72-38-27(58)24(55)19(50)11(3-43)65-38/h11-40,43-47,50-62H,3-8H2,1-2H3,(H,41,48)(H,42,49)/t11-,12-,13-,14-,15-,16-,17-,18-,19-,20-,21-,22-,23-,24+,25+,26-,27+,28+,29+,30+,31-,32-,33-,34+,35-,36+,37+,38-,39-,40-/m1/s1. The highest BCUT2D eigenvalue weighted by Gasteiger charge is 2.57. The highest BCUT2D eigenvalue weighted by Crippen LogP contribution is 2.36. The van der Waals surface area contributed by atoms with Crippen LogP contribution in [0.4, 0.5) is 0 Å². The molecule has 30 atom stereocenters. The third-order valence-corrected chi connectivity index (χ3v) is 13.2. The van der Waals surface area contributed by atoms with Gasteiger partial charge >= 0.3 is 0 Å². The van der Waals surface area contributed by atoms with Crippen molar-refractivity contribution in [2.45, 2.75) is 198 Å². The van der Waals surface area contributed by atoms with Gasteiger partial charge in [0, 0.05) is 13.8 Å². The number of aliphatic hydroxyl groups excluding tert-OH is 18. The molecule has 0 aromatic rings. The molecule has 6 saturated heterocycles. The van der Waals surface area contributed by atoms with Gasteiger partial charge in [-0.1, -0.05) is 0 Å². The summed E-state index contributed by atoms with van der Waals surface area (Å²) < 4.78 is 62.4. The van der Waals surface area contributed by atoms with Gasteiger partial charge in [0.25, 0.3) is 0 Å². The van der Waals surface area contributed by atoms with Gasteiger partial charge in [-0.2, -0.15) is 0 Å². The van der Waals surface area contributed by atoms with Crippen LogP contribution in [0, 0.1) is 0 Å². The number of nitrogens with one attached hydrogen (secondary N) is 2. The van der Waals surface area contributed by atoms with Crippen molar-refractivity contribution in [1.29, 1.82) is 0 Å². The lowest BCUT2D eigenvalue weighted by molar-refractivity contribution is -0.386. The third-order valence-electron chi connectivity index (χ3n) is 13.2. The molecular formula is C40H68N2O31. The first-order valence-corrected chi connectivity index (χ1v) is 23.1. The highest BCUT2D eigenvalue weighted by molar-refractivity contribution is 5.73. The van der Waals surface area contributed by atoms with E-state index in [0.29, 0.717) is 0 Å². The Balaban J connectivity index is 1.24. The van der Waals surface area contributed by atoms with Crippen LogP contribution in [-0.4, -0.2) is 327 Å². The van der Waals surface area contributed by atoms with Gasteiger partial charge in [-0.05, 0) is 0 Å². The van der Waals surface area contributed by atoms with Crippen LogP contribution in [-0.2, 0) is 61.7 Å². The van der Waals surface area contributed by atoms with Crippen LogP contribution in [0.2, 0.25) is 0 Å². The molecule has 6 rings (SSSR count). The molecule has 0 saturated carbocycles. The summed E-state index contributed by atoms with van der Waals surface area (Å²) in [6.45, 7) is -3.57. The lowest BCUT2D eigenvalue weighted by Crippen LogP contribution is -2.70. The largest absolute Gasteiger partial charge is 0.394 e. The van der Waals surface area contributed by atoms with Crippen LogP contribution >= 0.6 is 0 Å². The Morgan fingerprint density at radius 3 is 1.19 bits per heavy atom. The summed E-state index contributed by atoms with van der Waals surface area (Å²) in [5.41, 5.74) is 0. The number of carbonyl (C=O) groups excluding carboxylic acids is 2. The summed E-state index contributed by atoms with van der Waals surface area (Å²) in [5, 5.41) is 197. The van der Waals surface area contributed by atoms with Gasteiger partial charge in [0.15, 0.2) is 37.7 Å². The fourth-order valence-electron chi connectivity index (χ4n) is 9.22. The number of aliphatic hydroxyl groups is 18. The molecule has 0 bridgehead atoms. The molecule has 0 aromatic heterocycles. The number of carbonyl (C=O) groups is 2. The lowest BCUT2D eigenvalue weighted by atomic mass is 9.94. The molecule has 2 amide bonds. The Morgan fingerprint density at radius 1 is 0.356 bits per heavy atom. The predicted octanol–water partition coefficient (Wildman–Crippen LogP) is -13.8. The molecular weight excluding hydrogens is 1000 g/mol. The smallest absolute Gasteiger partial charge is 0.217 e. The van der Waals surface area contributed by atoms with Gasteiger partial charge in [0.2, 0.25) is 11.8 Å². The van der Waals surface area contributed by atoms with E-state index in [1.807, 2.05) is 0 Å². The third kappa shape index (κ3) is 13.0. The molecule has 33 nitrogen and oxygen atoms in total. The van der Waals surface area contributed by atoms with Crippen molar-refractivity contribution in [3.05, 3.63) is 0 Å². The molecule has 6 aliphatic heterocycles. The molecule has 0 unspecified atom stereocenters. The molecule has 33 heteroatoms. The van der Waals surface area contributed by atoms with Crippen LogP contribution < -0.4 is 10.6 Å². The predicted molar refractivity (Wildman–Crippen MR) is 222 cm³/mol. The van der Waals surface area contributed by atoms with Crippen molar-refractivity contribution in [2.24, 2.45) is 0 Å². The van der Waals surface area contributed by atoms with Gasteiger partial charge in [-0.15, -0.1) is 0 Å². The van der Waals surface area contributed by atoms with Gasteiger partial charge < -0.3 is 155 Å². The second-order valence-electron chi connectivity index (χ2n) is 18.3. The average Bonchev–Trinajstić information content (AvgIpc) is 3.35. The number of amides is 2. The average molecular weight is 1070 g/mol. The van der Waals surface area contributed by atoms with Crippen molar-refractivity contribution >= 4 is 11.8 Å². The SMILES string of the molecule is CC(=O)N[C@@H]1[C@@H](O)[C@H](O[C@@H]2O[C@H](CO)[C@@H](O[C@H]3O[C@H](CO[C@H]4O[C@H](CO)[C@@H](O[C@H]5O[C@H](CO)[C@@H](O)[C@H](O)[C@@H]5O)[C@H](O)[C@@H]4O)[C@@H](O)[C@H](O[C@H]4O[C@H](CO)[C@@H](O)[C@H](O)[C@@H]4O)[C@@H]3O)[C@H](O)[C@H]2NC(C)=O)[C@@H](CO)O[C@H]1O. The van der Waals surface area contributed by atoms with E-state index in [9.17, 15) is 102 Å². The van der Waals surface area contributed by atoms with Crippen molar-refractivity contribution in [3.63, 3.8) is 0 Å².